The first-order chi connectivity index (χ1) is 9.10. The SMILES string of the molecule is CC(c1cc(Br)ccc1O)N1CC(C)(C)OC(C)(C)C1. The number of rotatable bonds is 2. The molecule has 1 aromatic carbocycles. The van der Waals surface area contributed by atoms with Crippen molar-refractivity contribution in [2.75, 3.05) is 13.1 Å². The van der Waals surface area contributed by atoms with Gasteiger partial charge < -0.3 is 9.84 Å². The molecule has 0 spiro atoms. The van der Waals surface area contributed by atoms with Gasteiger partial charge in [0.05, 0.1) is 11.2 Å². The van der Waals surface area contributed by atoms with Crippen molar-refractivity contribution in [3.05, 3.63) is 28.2 Å². The van der Waals surface area contributed by atoms with Gasteiger partial charge in [0, 0.05) is 29.2 Å². The Kier molecular flexibility index (Phi) is 4.20. The van der Waals surface area contributed by atoms with Crippen molar-refractivity contribution >= 4 is 15.9 Å². The predicted octanol–water partition coefficient (Wildman–Crippen LogP) is 4.11. The highest BCUT2D eigenvalue weighted by Gasteiger charge is 2.40. The Labute approximate surface area is 130 Å². The molecule has 1 atom stereocenters. The zero-order chi connectivity index (χ0) is 15.1. The average molecular weight is 342 g/mol. The molecule has 4 heteroatoms. The molecule has 0 bridgehead atoms. The van der Waals surface area contributed by atoms with Crippen molar-refractivity contribution in [2.24, 2.45) is 0 Å². The van der Waals surface area contributed by atoms with E-state index in [9.17, 15) is 5.11 Å². The summed E-state index contributed by atoms with van der Waals surface area (Å²) in [4.78, 5) is 2.38. The molecule has 1 aliphatic heterocycles. The van der Waals surface area contributed by atoms with Crippen LogP contribution >= 0.6 is 15.9 Å². The van der Waals surface area contributed by atoms with Crippen LogP contribution in [0.4, 0.5) is 0 Å². The number of hydrogen-bond acceptors (Lipinski definition) is 3. The number of ether oxygens (including phenoxy) is 1. The minimum absolute atomic E-state index is 0.148. The van der Waals surface area contributed by atoms with E-state index < -0.39 is 0 Å². The molecule has 0 amide bonds. The Bertz CT molecular complexity index is 483. The Morgan fingerprint density at radius 1 is 1.20 bits per heavy atom. The van der Waals surface area contributed by atoms with Gasteiger partial charge in [-0.1, -0.05) is 15.9 Å². The zero-order valence-electron chi connectivity index (χ0n) is 12.9. The van der Waals surface area contributed by atoms with E-state index in [2.05, 4.69) is 55.4 Å². The summed E-state index contributed by atoms with van der Waals surface area (Å²) in [7, 11) is 0. The van der Waals surface area contributed by atoms with Crippen molar-refractivity contribution in [1.82, 2.24) is 4.90 Å². The van der Waals surface area contributed by atoms with Gasteiger partial charge in [0.15, 0.2) is 0 Å². The molecule has 3 nitrogen and oxygen atoms in total. The lowest BCUT2D eigenvalue weighted by Gasteiger charge is -2.49. The second-order valence-corrected chi connectivity index (χ2v) is 7.82. The number of hydrogen-bond donors (Lipinski definition) is 1. The first-order valence-electron chi connectivity index (χ1n) is 7.02. The molecule has 1 aliphatic rings. The smallest absolute Gasteiger partial charge is 0.120 e. The van der Waals surface area contributed by atoms with E-state index in [-0.39, 0.29) is 17.2 Å². The van der Waals surface area contributed by atoms with Gasteiger partial charge in [-0.15, -0.1) is 0 Å². The summed E-state index contributed by atoms with van der Waals surface area (Å²) in [6, 6.07) is 5.75. The van der Waals surface area contributed by atoms with Gasteiger partial charge in [-0.2, -0.15) is 0 Å². The summed E-state index contributed by atoms with van der Waals surface area (Å²) >= 11 is 3.48. The summed E-state index contributed by atoms with van der Waals surface area (Å²) in [6.07, 6.45) is 0. The Hall–Kier alpha value is -0.580. The van der Waals surface area contributed by atoms with E-state index in [1.165, 1.54) is 0 Å². The lowest BCUT2D eigenvalue weighted by Crippen LogP contribution is -2.57. The van der Waals surface area contributed by atoms with Crippen LogP contribution in [0.5, 0.6) is 5.75 Å². The number of aromatic hydroxyl groups is 1. The largest absolute Gasteiger partial charge is 0.508 e. The van der Waals surface area contributed by atoms with Crippen LogP contribution < -0.4 is 0 Å². The third kappa shape index (κ3) is 3.54. The highest BCUT2D eigenvalue weighted by Crippen LogP contribution is 2.36. The summed E-state index contributed by atoms with van der Waals surface area (Å²) < 4.78 is 7.11. The van der Waals surface area contributed by atoms with Crippen molar-refractivity contribution in [3.8, 4) is 5.75 Å². The van der Waals surface area contributed by atoms with E-state index in [4.69, 9.17) is 4.74 Å². The minimum atomic E-state index is -0.183. The van der Waals surface area contributed by atoms with Gasteiger partial charge in [-0.25, -0.2) is 0 Å². The molecule has 1 N–H and O–H groups in total. The number of phenols is 1. The van der Waals surface area contributed by atoms with Crippen molar-refractivity contribution < 1.29 is 9.84 Å². The molecule has 1 unspecified atom stereocenters. The molecule has 20 heavy (non-hydrogen) atoms. The summed E-state index contributed by atoms with van der Waals surface area (Å²) in [5.41, 5.74) is 0.586. The molecular weight excluding hydrogens is 318 g/mol. The standard InChI is InChI=1S/C16H24BrNO2/c1-11(13-8-12(17)6-7-14(13)19)18-9-15(2,3)20-16(4,5)10-18/h6-8,11,19H,9-10H2,1-5H3. The number of halogens is 1. The molecule has 0 aromatic heterocycles. The third-order valence-corrected chi connectivity index (χ3v) is 4.20. The van der Waals surface area contributed by atoms with Gasteiger partial charge in [0.1, 0.15) is 5.75 Å². The molecule has 0 radical (unpaired) electrons. The van der Waals surface area contributed by atoms with Crippen LogP contribution in [-0.4, -0.2) is 34.3 Å². The highest BCUT2D eigenvalue weighted by atomic mass is 79.9. The fraction of sp³-hybridized carbons (Fsp3) is 0.625. The number of morpholine rings is 1. The predicted molar refractivity (Wildman–Crippen MR) is 85.0 cm³/mol. The number of phenolic OH excluding ortho intramolecular Hbond substituents is 1. The van der Waals surface area contributed by atoms with Gasteiger partial charge >= 0.3 is 0 Å². The molecule has 2 rings (SSSR count). The fourth-order valence-corrected chi connectivity index (χ4v) is 3.56. The van der Waals surface area contributed by atoms with Gasteiger partial charge in [0.2, 0.25) is 0 Å². The van der Waals surface area contributed by atoms with Crippen LogP contribution in [-0.2, 0) is 4.74 Å². The maximum atomic E-state index is 10.1. The summed E-state index contributed by atoms with van der Waals surface area (Å²) in [5, 5.41) is 10.1. The van der Waals surface area contributed by atoms with Gasteiger partial charge in [-0.05, 0) is 52.8 Å². The molecule has 1 heterocycles. The second-order valence-electron chi connectivity index (χ2n) is 6.91. The van der Waals surface area contributed by atoms with Crippen LogP contribution in [0.25, 0.3) is 0 Å². The quantitative estimate of drug-likeness (QED) is 0.878. The second kappa shape index (κ2) is 5.32. The highest BCUT2D eigenvalue weighted by molar-refractivity contribution is 9.10. The van der Waals surface area contributed by atoms with E-state index in [0.717, 1.165) is 23.1 Å². The van der Waals surface area contributed by atoms with Gasteiger partial charge in [-0.3, -0.25) is 4.90 Å². The lowest BCUT2D eigenvalue weighted by atomic mass is 9.95. The van der Waals surface area contributed by atoms with Crippen LogP contribution in [0.2, 0.25) is 0 Å². The number of nitrogens with zero attached hydrogens (tertiary/aromatic N) is 1. The molecule has 0 aliphatic carbocycles. The molecule has 1 saturated heterocycles. The number of benzene rings is 1. The van der Waals surface area contributed by atoms with E-state index in [1.807, 2.05) is 12.1 Å². The van der Waals surface area contributed by atoms with Gasteiger partial charge in [0.25, 0.3) is 0 Å². The van der Waals surface area contributed by atoms with Crippen molar-refractivity contribution in [1.29, 1.82) is 0 Å². The first-order valence-corrected chi connectivity index (χ1v) is 7.82. The molecule has 112 valence electrons. The molecule has 1 aromatic rings. The molecule has 0 saturated carbocycles. The normalized spacial score (nSPS) is 23.5. The van der Waals surface area contributed by atoms with Crippen molar-refractivity contribution in [2.45, 2.75) is 51.9 Å². The topological polar surface area (TPSA) is 32.7 Å². The van der Waals surface area contributed by atoms with E-state index >= 15 is 0 Å². The van der Waals surface area contributed by atoms with Crippen LogP contribution in [0.3, 0.4) is 0 Å². The van der Waals surface area contributed by atoms with Crippen molar-refractivity contribution in [3.63, 3.8) is 0 Å². The van der Waals surface area contributed by atoms with Crippen LogP contribution in [0.15, 0.2) is 22.7 Å². The van der Waals surface area contributed by atoms with Crippen LogP contribution in [0, 0.1) is 0 Å². The lowest BCUT2D eigenvalue weighted by molar-refractivity contribution is -0.187. The first kappa shape index (κ1) is 15.8. The Balaban J connectivity index is 2.28. The molecular formula is C16H24BrNO2. The Morgan fingerprint density at radius 2 is 1.75 bits per heavy atom. The summed E-state index contributed by atoms with van der Waals surface area (Å²) in [6.45, 7) is 12.3. The maximum absolute atomic E-state index is 10.1. The monoisotopic (exact) mass is 341 g/mol. The minimum Gasteiger partial charge on any atom is -0.508 e. The zero-order valence-corrected chi connectivity index (χ0v) is 14.5. The van der Waals surface area contributed by atoms with E-state index in [1.54, 1.807) is 6.07 Å². The van der Waals surface area contributed by atoms with E-state index in [0.29, 0.717) is 5.75 Å². The van der Waals surface area contributed by atoms with Crippen LogP contribution in [0.1, 0.15) is 46.2 Å². The Morgan fingerprint density at radius 3 is 2.30 bits per heavy atom. The fourth-order valence-electron chi connectivity index (χ4n) is 3.18. The maximum Gasteiger partial charge on any atom is 0.120 e. The molecule has 1 fully saturated rings. The third-order valence-electron chi connectivity index (χ3n) is 3.71. The summed E-state index contributed by atoms with van der Waals surface area (Å²) in [5.74, 6) is 0.350. The average Bonchev–Trinajstić information content (AvgIpc) is 2.27.